The van der Waals surface area contributed by atoms with E-state index in [1.165, 1.54) is 23.9 Å². The number of aryl methyl sites for hydroxylation is 1. The normalized spacial score (nSPS) is 14.9. The van der Waals surface area contributed by atoms with E-state index in [2.05, 4.69) is 55.8 Å². The van der Waals surface area contributed by atoms with Crippen LogP contribution >= 0.6 is 0 Å². The van der Waals surface area contributed by atoms with Crippen LogP contribution in [-0.4, -0.2) is 38.5 Å². The van der Waals surface area contributed by atoms with Crippen molar-refractivity contribution >= 4 is 29.1 Å². The van der Waals surface area contributed by atoms with Crippen molar-refractivity contribution < 1.29 is 14.3 Å². The number of fused-ring (bicyclic) bond motifs is 1. The number of hydrogen-bond donors (Lipinski definition) is 0. The summed E-state index contributed by atoms with van der Waals surface area (Å²) in [7, 11) is 3.07. The highest BCUT2D eigenvalue weighted by atomic mass is 16.5. The molecule has 0 N–H and O–H groups in total. The highest BCUT2D eigenvalue weighted by molar-refractivity contribution is 5.93. The smallest absolute Gasteiger partial charge is 0.337 e. The van der Waals surface area contributed by atoms with E-state index >= 15 is 0 Å². The summed E-state index contributed by atoms with van der Waals surface area (Å²) in [4.78, 5) is 18.9. The van der Waals surface area contributed by atoms with Gasteiger partial charge in [-0.2, -0.15) is 0 Å². The average molecular weight is 421 g/mol. The van der Waals surface area contributed by atoms with Gasteiger partial charge < -0.3 is 14.4 Å². The van der Waals surface area contributed by atoms with Crippen LogP contribution in [0.4, 0.5) is 11.4 Å². The van der Waals surface area contributed by atoms with Crippen molar-refractivity contribution in [3.8, 4) is 5.75 Å². The zero-order valence-electron chi connectivity index (χ0n) is 19.6. The maximum atomic E-state index is 11.7. The number of aliphatic imine (C=N–C) groups is 1. The lowest BCUT2D eigenvalue weighted by Crippen LogP contribution is -2.45. The Labute approximate surface area is 185 Å². The van der Waals surface area contributed by atoms with Crippen LogP contribution in [0, 0.1) is 6.92 Å². The Morgan fingerprint density at radius 2 is 1.90 bits per heavy atom. The van der Waals surface area contributed by atoms with E-state index in [4.69, 9.17) is 9.47 Å². The van der Waals surface area contributed by atoms with Gasteiger partial charge in [-0.1, -0.05) is 13.0 Å². The van der Waals surface area contributed by atoms with E-state index in [-0.39, 0.29) is 11.5 Å². The highest BCUT2D eigenvalue weighted by Crippen LogP contribution is 2.42. The first-order chi connectivity index (χ1) is 14.7. The van der Waals surface area contributed by atoms with E-state index < -0.39 is 0 Å². The quantitative estimate of drug-likeness (QED) is 0.428. The van der Waals surface area contributed by atoms with Crippen molar-refractivity contribution in [3.63, 3.8) is 0 Å². The third kappa shape index (κ3) is 4.50. The summed E-state index contributed by atoms with van der Waals surface area (Å²) in [6.07, 6.45) is 5.23. The number of anilines is 1. The highest BCUT2D eigenvalue weighted by Gasteiger charge is 2.31. The molecule has 0 radical (unpaired) electrons. The molecule has 0 spiro atoms. The molecule has 3 rings (SSSR count). The SMILES string of the molecule is CCCN1c2cc(OC)c(C=Nc3ccc(C(=O)OC)cc3C)cc2C(C)=CC1(C)C. The molecule has 1 heterocycles. The van der Waals surface area contributed by atoms with Crippen LogP contribution in [0.1, 0.15) is 61.2 Å². The molecule has 0 aliphatic carbocycles. The third-order valence-electron chi connectivity index (χ3n) is 5.74. The molecule has 0 saturated carbocycles. The summed E-state index contributed by atoms with van der Waals surface area (Å²) in [6, 6.07) is 9.63. The summed E-state index contributed by atoms with van der Waals surface area (Å²) in [6.45, 7) is 11.8. The maximum absolute atomic E-state index is 11.7. The lowest BCUT2D eigenvalue weighted by atomic mass is 9.87. The summed E-state index contributed by atoms with van der Waals surface area (Å²) in [5.41, 5.74) is 6.74. The molecule has 0 amide bonds. The third-order valence-corrected chi connectivity index (χ3v) is 5.74. The first-order valence-electron chi connectivity index (χ1n) is 10.6. The topological polar surface area (TPSA) is 51.1 Å². The first-order valence-corrected chi connectivity index (χ1v) is 10.6. The van der Waals surface area contributed by atoms with Gasteiger partial charge in [0.15, 0.2) is 0 Å². The molecular weight excluding hydrogens is 388 g/mol. The number of allylic oxidation sites excluding steroid dienone is 1. The van der Waals surface area contributed by atoms with Crippen LogP contribution in [0.5, 0.6) is 5.75 Å². The number of methoxy groups -OCH3 is 2. The molecule has 0 saturated heterocycles. The molecule has 2 aromatic rings. The second kappa shape index (κ2) is 8.96. The van der Waals surface area contributed by atoms with Crippen LogP contribution in [-0.2, 0) is 4.74 Å². The van der Waals surface area contributed by atoms with E-state index in [0.717, 1.165) is 35.5 Å². The van der Waals surface area contributed by atoms with Crippen molar-refractivity contribution in [1.82, 2.24) is 0 Å². The summed E-state index contributed by atoms with van der Waals surface area (Å²) in [5.74, 6) is 0.440. The number of carbonyl (C=O) groups excluding carboxylic acids is 1. The lowest BCUT2D eigenvalue weighted by molar-refractivity contribution is 0.0600. The van der Waals surface area contributed by atoms with Crippen LogP contribution in [0.15, 0.2) is 41.4 Å². The van der Waals surface area contributed by atoms with E-state index in [1.807, 2.05) is 19.2 Å². The zero-order chi connectivity index (χ0) is 22.8. The first kappa shape index (κ1) is 22.6. The number of esters is 1. The van der Waals surface area contributed by atoms with Crippen molar-refractivity contribution in [2.75, 3.05) is 25.7 Å². The standard InChI is InChI=1S/C26H32N2O3/c1-8-11-28-23-14-24(30-6)20(13-21(23)18(3)15-26(28,4)5)16-27-22-10-9-19(12-17(22)2)25(29)31-7/h9-10,12-16H,8,11H2,1-7H3. The fourth-order valence-corrected chi connectivity index (χ4v) is 4.22. The van der Waals surface area contributed by atoms with Gasteiger partial charge in [-0.15, -0.1) is 0 Å². The van der Waals surface area contributed by atoms with Crippen molar-refractivity contribution in [1.29, 1.82) is 0 Å². The number of rotatable bonds is 6. The lowest BCUT2D eigenvalue weighted by Gasteiger charge is -2.43. The van der Waals surface area contributed by atoms with Gasteiger partial charge >= 0.3 is 5.97 Å². The van der Waals surface area contributed by atoms with E-state index in [0.29, 0.717) is 5.56 Å². The zero-order valence-corrected chi connectivity index (χ0v) is 19.6. The minimum absolute atomic E-state index is 0.0494. The summed E-state index contributed by atoms with van der Waals surface area (Å²) >= 11 is 0. The van der Waals surface area contributed by atoms with Gasteiger partial charge in [0.1, 0.15) is 5.75 Å². The van der Waals surface area contributed by atoms with Crippen molar-refractivity contribution in [2.24, 2.45) is 4.99 Å². The predicted octanol–water partition coefficient (Wildman–Crippen LogP) is 5.95. The number of hydrogen-bond acceptors (Lipinski definition) is 5. The van der Waals surface area contributed by atoms with Gasteiger partial charge in [0.25, 0.3) is 0 Å². The molecule has 0 aromatic heterocycles. The summed E-state index contributed by atoms with van der Waals surface area (Å²) < 4.78 is 10.5. The molecule has 2 aromatic carbocycles. The maximum Gasteiger partial charge on any atom is 0.337 e. The molecule has 0 unspecified atom stereocenters. The number of benzene rings is 2. The molecule has 0 atom stereocenters. The number of nitrogens with zero attached hydrogens (tertiary/aromatic N) is 2. The van der Waals surface area contributed by atoms with Gasteiger partial charge in [-0.25, -0.2) is 4.79 Å². The molecule has 1 aliphatic heterocycles. The largest absolute Gasteiger partial charge is 0.496 e. The number of carbonyl (C=O) groups is 1. The molecular formula is C26H32N2O3. The van der Waals surface area contributed by atoms with E-state index in [1.54, 1.807) is 19.2 Å². The fourth-order valence-electron chi connectivity index (χ4n) is 4.22. The fraction of sp³-hybridized carbons (Fsp3) is 0.385. The number of ether oxygens (including phenoxy) is 2. The van der Waals surface area contributed by atoms with Gasteiger partial charge in [0.05, 0.1) is 31.0 Å². The Bertz CT molecular complexity index is 1050. The molecule has 164 valence electrons. The molecule has 5 nitrogen and oxygen atoms in total. The Morgan fingerprint density at radius 3 is 2.52 bits per heavy atom. The van der Waals surface area contributed by atoms with Gasteiger partial charge in [-0.3, -0.25) is 4.99 Å². The van der Waals surface area contributed by atoms with Crippen molar-refractivity contribution in [3.05, 3.63) is 58.7 Å². The Kier molecular flexibility index (Phi) is 6.54. The Balaban J connectivity index is 2.02. The van der Waals surface area contributed by atoms with Crippen LogP contribution in [0.25, 0.3) is 5.57 Å². The molecule has 5 heteroatoms. The van der Waals surface area contributed by atoms with Crippen LogP contribution in [0.2, 0.25) is 0 Å². The molecule has 1 aliphatic rings. The van der Waals surface area contributed by atoms with Crippen LogP contribution in [0.3, 0.4) is 0 Å². The predicted molar refractivity (Wildman–Crippen MR) is 128 cm³/mol. The van der Waals surface area contributed by atoms with Crippen LogP contribution < -0.4 is 9.64 Å². The Hall–Kier alpha value is -3.08. The minimum atomic E-state index is -0.350. The average Bonchev–Trinajstić information content (AvgIpc) is 2.74. The van der Waals surface area contributed by atoms with E-state index in [9.17, 15) is 4.79 Å². The molecule has 0 bridgehead atoms. The minimum Gasteiger partial charge on any atom is -0.496 e. The molecule has 31 heavy (non-hydrogen) atoms. The second-order valence-electron chi connectivity index (χ2n) is 8.50. The van der Waals surface area contributed by atoms with Crippen molar-refractivity contribution in [2.45, 2.75) is 46.6 Å². The monoisotopic (exact) mass is 420 g/mol. The second-order valence-corrected chi connectivity index (χ2v) is 8.50. The summed E-state index contributed by atoms with van der Waals surface area (Å²) in [5, 5.41) is 0. The van der Waals surface area contributed by atoms with Gasteiger partial charge in [0.2, 0.25) is 0 Å². The Morgan fingerprint density at radius 1 is 1.16 bits per heavy atom. The van der Waals surface area contributed by atoms with Gasteiger partial charge in [-0.05, 0) is 69.5 Å². The van der Waals surface area contributed by atoms with Gasteiger partial charge in [0, 0.05) is 35.6 Å². The molecule has 0 fully saturated rings.